The van der Waals surface area contributed by atoms with E-state index in [1.54, 1.807) is 4.68 Å². The van der Waals surface area contributed by atoms with Crippen LogP contribution in [0.5, 0.6) is 0 Å². The first-order valence-corrected chi connectivity index (χ1v) is 6.99. The lowest BCUT2D eigenvalue weighted by Gasteiger charge is -2.02. The standard InChI is InChI=1S/C15H16ClN5/c1-10-13(15(16)20(2)19-10)9-21-8-11(7-18-21)12-5-3-4-6-14(12)17/h3-8H,9,17H2,1-2H3. The Hall–Kier alpha value is -2.27. The Morgan fingerprint density at radius 1 is 1.29 bits per heavy atom. The Balaban J connectivity index is 1.91. The molecule has 6 heteroatoms. The first-order chi connectivity index (χ1) is 10.1. The van der Waals surface area contributed by atoms with E-state index < -0.39 is 0 Å². The Morgan fingerprint density at radius 2 is 2.05 bits per heavy atom. The minimum absolute atomic E-state index is 0.589. The molecule has 0 aliphatic carbocycles. The number of para-hydroxylation sites is 1. The maximum Gasteiger partial charge on any atom is 0.132 e. The number of halogens is 1. The second kappa shape index (κ2) is 5.26. The zero-order chi connectivity index (χ0) is 15.0. The highest BCUT2D eigenvalue weighted by Crippen LogP contribution is 2.26. The predicted molar refractivity (Wildman–Crippen MR) is 84.1 cm³/mol. The third-order valence-electron chi connectivity index (χ3n) is 3.50. The number of hydrogen-bond donors (Lipinski definition) is 1. The van der Waals surface area contributed by atoms with Gasteiger partial charge in [-0.3, -0.25) is 9.36 Å². The van der Waals surface area contributed by atoms with Crippen LogP contribution in [-0.4, -0.2) is 19.6 Å². The van der Waals surface area contributed by atoms with Crippen LogP contribution in [0.2, 0.25) is 5.15 Å². The average Bonchev–Trinajstić information content (AvgIpc) is 3.01. The lowest BCUT2D eigenvalue weighted by Crippen LogP contribution is -2.01. The van der Waals surface area contributed by atoms with Gasteiger partial charge < -0.3 is 5.73 Å². The van der Waals surface area contributed by atoms with Crippen LogP contribution >= 0.6 is 11.6 Å². The average molecular weight is 302 g/mol. The third kappa shape index (κ3) is 2.52. The summed E-state index contributed by atoms with van der Waals surface area (Å²) in [6, 6.07) is 7.75. The number of hydrogen-bond acceptors (Lipinski definition) is 3. The SMILES string of the molecule is Cc1nn(C)c(Cl)c1Cn1cc(-c2ccccc2N)cn1. The minimum Gasteiger partial charge on any atom is -0.398 e. The number of nitrogens with zero attached hydrogens (tertiary/aromatic N) is 4. The van der Waals surface area contributed by atoms with Gasteiger partial charge in [0.25, 0.3) is 0 Å². The van der Waals surface area contributed by atoms with Gasteiger partial charge in [-0.25, -0.2) is 0 Å². The van der Waals surface area contributed by atoms with Crippen molar-refractivity contribution < 1.29 is 0 Å². The molecule has 5 nitrogen and oxygen atoms in total. The Morgan fingerprint density at radius 3 is 2.71 bits per heavy atom. The van der Waals surface area contributed by atoms with Crippen LogP contribution in [0.15, 0.2) is 36.7 Å². The summed E-state index contributed by atoms with van der Waals surface area (Å²) in [6.45, 7) is 2.53. The predicted octanol–water partition coefficient (Wildman–Crippen LogP) is 2.88. The molecule has 1 aromatic carbocycles. The zero-order valence-electron chi connectivity index (χ0n) is 11.9. The molecule has 0 bridgehead atoms. The van der Waals surface area contributed by atoms with Crippen molar-refractivity contribution in [2.45, 2.75) is 13.5 Å². The highest BCUT2D eigenvalue weighted by atomic mass is 35.5. The fourth-order valence-corrected chi connectivity index (χ4v) is 2.60. The van der Waals surface area contributed by atoms with Crippen molar-refractivity contribution in [1.82, 2.24) is 19.6 Å². The van der Waals surface area contributed by atoms with Crippen LogP contribution in [0.1, 0.15) is 11.3 Å². The molecule has 3 aromatic rings. The van der Waals surface area contributed by atoms with Crippen molar-refractivity contribution in [3.8, 4) is 11.1 Å². The normalized spacial score (nSPS) is 11.0. The van der Waals surface area contributed by atoms with E-state index in [1.165, 1.54) is 0 Å². The maximum atomic E-state index is 6.25. The van der Waals surface area contributed by atoms with Crippen molar-refractivity contribution in [3.63, 3.8) is 0 Å². The number of anilines is 1. The van der Waals surface area contributed by atoms with Gasteiger partial charge in [-0.2, -0.15) is 10.2 Å². The molecule has 0 saturated carbocycles. The van der Waals surface area contributed by atoms with Crippen LogP contribution in [-0.2, 0) is 13.6 Å². The smallest absolute Gasteiger partial charge is 0.132 e. The summed E-state index contributed by atoms with van der Waals surface area (Å²) in [5, 5.41) is 9.34. The van der Waals surface area contributed by atoms with E-state index in [0.717, 1.165) is 28.1 Å². The number of nitrogens with two attached hydrogens (primary N) is 1. The van der Waals surface area contributed by atoms with Gasteiger partial charge in [0.05, 0.1) is 18.4 Å². The number of aromatic nitrogens is 4. The molecule has 0 unspecified atom stereocenters. The van der Waals surface area contributed by atoms with E-state index in [1.807, 2.05) is 55.3 Å². The van der Waals surface area contributed by atoms with E-state index in [-0.39, 0.29) is 0 Å². The van der Waals surface area contributed by atoms with Gasteiger partial charge in [0.2, 0.25) is 0 Å². The summed E-state index contributed by atoms with van der Waals surface area (Å²) >= 11 is 6.25. The fourth-order valence-electron chi connectivity index (χ4n) is 2.36. The molecule has 0 spiro atoms. The van der Waals surface area contributed by atoms with Gasteiger partial charge in [0, 0.05) is 35.6 Å². The molecule has 3 rings (SSSR count). The van der Waals surface area contributed by atoms with Crippen molar-refractivity contribution >= 4 is 17.3 Å². The molecular formula is C15H16ClN5. The van der Waals surface area contributed by atoms with Gasteiger partial charge in [-0.1, -0.05) is 29.8 Å². The molecule has 0 fully saturated rings. The second-order valence-electron chi connectivity index (χ2n) is 4.99. The minimum atomic E-state index is 0.589. The van der Waals surface area contributed by atoms with E-state index in [2.05, 4.69) is 10.2 Å². The molecule has 0 atom stereocenters. The monoisotopic (exact) mass is 301 g/mol. The van der Waals surface area contributed by atoms with Crippen LogP contribution in [0.4, 0.5) is 5.69 Å². The quantitative estimate of drug-likeness (QED) is 0.757. The Bertz CT molecular complexity index is 787. The van der Waals surface area contributed by atoms with Gasteiger partial charge in [0.1, 0.15) is 5.15 Å². The molecule has 0 amide bonds. The molecule has 2 heterocycles. The van der Waals surface area contributed by atoms with E-state index in [0.29, 0.717) is 11.7 Å². The molecule has 0 aliphatic rings. The highest BCUT2D eigenvalue weighted by molar-refractivity contribution is 6.30. The third-order valence-corrected chi connectivity index (χ3v) is 3.97. The summed E-state index contributed by atoms with van der Waals surface area (Å²) in [6.07, 6.45) is 3.78. The number of aryl methyl sites for hydroxylation is 2. The largest absolute Gasteiger partial charge is 0.398 e. The molecule has 0 aliphatic heterocycles. The van der Waals surface area contributed by atoms with Crippen LogP contribution in [0, 0.1) is 6.92 Å². The first kappa shape index (κ1) is 13.7. The molecular weight excluding hydrogens is 286 g/mol. The molecule has 2 aromatic heterocycles. The van der Waals surface area contributed by atoms with Gasteiger partial charge in [0.15, 0.2) is 0 Å². The highest BCUT2D eigenvalue weighted by Gasteiger charge is 2.13. The Labute approximate surface area is 127 Å². The van der Waals surface area contributed by atoms with Crippen LogP contribution < -0.4 is 5.73 Å². The number of benzene rings is 1. The van der Waals surface area contributed by atoms with Crippen molar-refractivity contribution in [2.24, 2.45) is 7.05 Å². The summed E-state index contributed by atoms with van der Waals surface area (Å²) in [5.74, 6) is 0. The maximum absolute atomic E-state index is 6.25. The molecule has 0 radical (unpaired) electrons. The summed E-state index contributed by atoms with van der Waals surface area (Å²) in [4.78, 5) is 0. The topological polar surface area (TPSA) is 61.7 Å². The molecule has 21 heavy (non-hydrogen) atoms. The number of nitrogen functional groups attached to an aromatic ring is 1. The molecule has 0 saturated heterocycles. The second-order valence-corrected chi connectivity index (χ2v) is 5.35. The lowest BCUT2D eigenvalue weighted by molar-refractivity contribution is 0.684. The first-order valence-electron chi connectivity index (χ1n) is 6.61. The summed E-state index contributed by atoms with van der Waals surface area (Å²) in [5.41, 5.74) is 10.6. The van der Waals surface area contributed by atoms with E-state index >= 15 is 0 Å². The van der Waals surface area contributed by atoms with Crippen molar-refractivity contribution in [1.29, 1.82) is 0 Å². The van der Waals surface area contributed by atoms with Crippen molar-refractivity contribution in [3.05, 3.63) is 53.1 Å². The summed E-state index contributed by atoms with van der Waals surface area (Å²) in [7, 11) is 1.83. The zero-order valence-corrected chi connectivity index (χ0v) is 12.7. The van der Waals surface area contributed by atoms with E-state index in [9.17, 15) is 0 Å². The number of rotatable bonds is 3. The molecule has 2 N–H and O–H groups in total. The van der Waals surface area contributed by atoms with Crippen LogP contribution in [0.3, 0.4) is 0 Å². The molecule has 108 valence electrons. The van der Waals surface area contributed by atoms with E-state index in [4.69, 9.17) is 17.3 Å². The van der Waals surface area contributed by atoms with Gasteiger partial charge in [-0.05, 0) is 13.0 Å². The van der Waals surface area contributed by atoms with Gasteiger partial charge >= 0.3 is 0 Å². The lowest BCUT2D eigenvalue weighted by atomic mass is 10.1. The van der Waals surface area contributed by atoms with Gasteiger partial charge in [-0.15, -0.1) is 0 Å². The van der Waals surface area contributed by atoms with Crippen molar-refractivity contribution in [2.75, 3.05) is 5.73 Å². The van der Waals surface area contributed by atoms with Crippen LogP contribution in [0.25, 0.3) is 11.1 Å². The Kier molecular flexibility index (Phi) is 3.43. The fraction of sp³-hybridized carbons (Fsp3) is 0.200. The summed E-state index contributed by atoms with van der Waals surface area (Å²) < 4.78 is 3.52.